The maximum atomic E-state index is 13.1. The summed E-state index contributed by atoms with van der Waals surface area (Å²) in [5, 5.41) is -0.0930. The van der Waals surface area contributed by atoms with Crippen LogP contribution in [-0.4, -0.2) is 30.7 Å². The molecule has 1 saturated heterocycles. The summed E-state index contributed by atoms with van der Waals surface area (Å²) in [6.07, 6.45) is 6.76. The molecule has 2 fully saturated rings. The monoisotopic (exact) mass is 355 g/mol. The van der Waals surface area contributed by atoms with Crippen molar-refractivity contribution in [2.24, 2.45) is 5.41 Å². The number of nitrogens with zero attached hydrogens (tertiary/aromatic N) is 1. The van der Waals surface area contributed by atoms with Crippen LogP contribution in [0.2, 0.25) is 0 Å². The van der Waals surface area contributed by atoms with Crippen molar-refractivity contribution in [3.05, 3.63) is 29.8 Å². The van der Waals surface area contributed by atoms with Crippen LogP contribution in [0.15, 0.2) is 29.2 Å². The van der Waals surface area contributed by atoms with Crippen LogP contribution in [0.4, 0.5) is 0 Å². The van der Waals surface area contributed by atoms with Crippen molar-refractivity contribution in [1.82, 2.24) is 4.31 Å². The van der Waals surface area contributed by atoms with E-state index in [2.05, 4.69) is 6.92 Å². The van der Waals surface area contributed by atoms with Crippen molar-refractivity contribution in [2.45, 2.75) is 68.7 Å². The van der Waals surface area contributed by atoms with E-state index in [1.807, 2.05) is 19.1 Å². The predicted molar refractivity (Wildman–Crippen MR) is 94.3 cm³/mol. The van der Waals surface area contributed by atoms with Gasteiger partial charge < -0.3 is 0 Å². The van der Waals surface area contributed by atoms with Gasteiger partial charge in [-0.3, -0.25) is 0 Å². The number of hydrogen-bond donors (Lipinski definition) is 0. The van der Waals surface area contributed by atoms with Gasteiger partial charge in [0, 0.05) is 18.0 Å². The second-order valence-corrected chi connectivity index (χ2v) is 9.80. The first-order valence-electron chi connectivity index (χ1n) is 8.58. The largest absolute Gasteiger partial charge is 0.243 e. The number of sulfonamides is 1. The van der Waals surface area contributed by atoms with E-state index in [1.165, 1.54) is 19.3 Å². The summed E-state index contributed by atoms with van der Waals surface area (Å²) in [6.45, 7) is 4.46. The van der Waals surface area contributed by atoms with E-state index < -0.39 is 10.0 Å². The lowest BCUT2D eigenvalue weighted by Crippen LogP contribution is -2.56. The maximum Gasteiger partial charge on any atom is 0.243 e. The third kappa shape index (κ3) is 3.18. The van der Waals surface area contributed by atoms with Gasteiger partial charge >= 0.3 is 0 Å². The minimum atomic E-state index is -3.49. The standard InChI is InChI=1S/C18H26ClNO2S/c1-14-6-8-17(9-7-14)23(21,22)20-13-16(19)12-18(15(20)2)10-4-3-5-11-18/h6-9,15-16H,3-5,10-13H2,1-2H3/t15-,16+/m0/s1. The smallest absolute Gasteiger partial charge is 0.207 e. The highest BCUT2D eigenvalue weighted by atomic mass is 35.5. The highest BCUT2D eigenvalue weighted by Crippen LogP contribution is 2.49. The second-order valence-electron chi connectivity index (χ2n) is 7.29. The molecular weight excluding hydrogens is 330 g/mol. The van der Waals surface area contributed by atoms with Gasteiger partial charge in [0.05, 0.1) is 4.90 Å². The Balaban J connectivity index is 1.95. The van der Waals surface area contributed by atoms with Crippen LogP contribution in [-0.2, 0) is 10.0 Å². The number of aryl methyl sites for hydroxylation is 1. The van der Waals surface area contributed by atoms with Gasteiger partial charge in [-0.05, 0) is 50.7 Å². The van der Waals surface area contributed by atoms with Crippen molar-refractivity contribution in [2.75, 3.05) is 6.54 Å². The first kappa shape index (κ1) is 17.2. The molecule has 1 aromatic rings. The van der Waals surface area contributed by atoms with Crippen molar-refractivity contribution >= 4 is 21.6 Å². The molecule has 2 atom stereocenters. The molecule has 0 N–H and O–H groups in total. The first-order valence-corrected chi connectivity index (χ1v) is 10.5. The molecule has 1 saturated carbocycles. The van der Waals surface area contributed by atoms with Crippen LogP contribution in [0.1, 0.15) is 51.0 Å². The number of halogens is 1. The summed E-state index contributed by atoms with van der Waals surface area (Å²) in [4.78, 5) is 0.381. The lowest BCUT2D eigenvalue weighted by atomic mass is 9.65. The molecule has 1 spiro atoms. The minimum Gasteiger partial charge on any atom is -0.207 e. The molecule has 2 aliphatic rings. The summed E-state index contributed by atoms with van der Waals surface area (Å²) in [7, 11) is -3.49. The molecule has 0 amide bonds. The van der Waals surface area contributed by atoms with Gasteiger partial charge in [0.25, 0.3) is 0 Å². The molecule has 3 rings (SSSR count). The van der Waals surface area contributed by atoms with Gasteiger partial charge in [-0.25, -0.2) is 8.42 Å². The van der Waals surface area contributed by atoms with E-state index >= 15 is 0 Å². The normalized spacial score (nSPS) is 28.8. The Morgan fingerprint density at radius 1 is 1.13 bits per heavy atom. The lowest BCUT2D eigenvalue weighted by Gasteiger charge is -2.51. The molecule has 1 heterocycles. The van der Waals surface area contributed by atoms with Crippen molar-refractivity contribution in [3.63, 3.8) is 0 Å². The Labute approximate surface area is 145 Å². The van der Waals surface area contributed by atoms with E-state index in [0.29, 0.717) is 11.4 Å². The average Bonchev–Trinajstić information content (AvgIpc) is 2.52. The van der Waals surface area contributed by atoms with E-state index in [0.717, 1.165) is 24.8 Å². The molecule has 0 bridgehead atoms. The second kappa shape index (κ2) is 6.38. The average molecular weight is 356 g/mol. The lowest BCUT2D eigenvalue weighted by molar-refractivity contribution is 0.0426. The summed E-state index contributed by atoms with van der Waals surface area (Å²) >= 11 is 6.51. The summed E-state index contributed by atoms with van der Waals surface area (Å²) in [6, 6.07) is 7.15. The predicted octanol–water partition coefficient (Wildman–Crippen LogP) is 4.34. The third-order valence-corrected chi connectivity index (χ3v) is 8.04. The first-order chi connectivity index (χ1) is 10.8. The van der Waals surface area contributed by atoms with Gasteiger partial charge in [0.2, 0.25) is 10.0 Å². The minimum absolute atomic E-state index is 0.0177. The number of piperidine rings is 1. The molecule has 23 heavy (non-hydrogen) atoms. The van der Waals surface area contributed by atoms with Crippen LogP contribution >= 0.6 is 11.6 Å². The fourth-order valence-electron chi connectivity index (χ4n) is 4.36. The molecule has 0 unspecified atom stereocenters. The zero-order chi connectivity index (χ0) is 16.7. The van der Waals surface area contributed by atoms with Crippen LogP contribution in [0.25, 0.3) is 0 Å². The molecule has 1 aliphatic carbocycles. The van der Waals surface area contributed by atoms with E-state index in [4.69, 9.17) is 11.6 Å². The summed E-state index contributed by atoms with van der Waals surface area (Å²) in [5.74, 6) is 0. The van der Waals surface area contributed by atoms with Crippen LogP contribution in [0, 0.1) is 12.3 Å². The van der Waals surface area contributed by atoms with E-state index in [-0.39, 0.29) is 16.8 Å². The van der Waals surface area contributed by atoms with Crippen LogP contribution in [0.3, 0.4) is 0 Å². The summed E-state index contributed by atoms with van der Waals surface area (Å²) < 4.78 is 28.0. The molecule has 1 aliphatic heterocycles. The highest BCUT2D eigenvalue weighted by molar-refractivity contribution is 7.89. The van der Waals surface area contributed by atoms with E-state index in [9.17, 15) is 8.42 Å². The number of rotatable bonds is 2. The zero-order valence-electron chi connectivity index (χ0n) is 14.0. The Morgan fingerprint density at radius 3 is 2.35 bits per heavy atom. The summed E-state index contributed by atoms with van der Waals surface area (Å²) in [5.41, 5.74) is 1.12. The molecular formula is C18H26ClNO2S. The third-order valence-electron chi connectivity index (χ3n) is 5.80. The van der Waals surface area contributed by atoms with Crippen molar-refractivity contribution < 1.29 is 8.42 Å². The Hall–Kier alpha value is -0.580. The molecule has 3 nitrogen and oxygen atoms in total. The molecule has 5 heteroatoms. The number of alkyl halides is 1. The van der Waals surface area contributed by atoms with Gasteiger partial charge in [0.15, 0.2) is 0 Å². The fraction of sp³-hybridized carbons (Fsp3) is 0.667. The van der Waals surface area contributed by atoms with Crippen LogP contribution in [0.5, 0.6) is 0 Å². The number of benzene rings is 1. The van der Waals surface area contributed by atoms with Crippen molar-refractivity contribution in [3.8, 4) is 0 Å². The molecule has 0 aromatic heterocycles. The van der Waals surface area contributed by atoms with Crippen molar-refractivity contribution in [1.29, 1.82) is 0 Å². The number of hydrogen-bond acceptors (Lipinski definition) is 2. The topological polar surface area (TPSA) is 37.4 Å². The fourth-order valence-corrected chi connectivity index (χ4v) is 6.67. The van der Waals surface area contributed by atoms with Gasteiger partial charge in [-0.2, -0.15) is 4.31 Å². The van der Waals surface area contributed by atoms with Crippen LogP contribution < -0.4 is 0 Å². The molecule has 128 valence electrons. The Kier molecular flexibility index (Phi) is 4.78. The SMILES string of the molecule is Cc1ccc(S(=O)(=O)N2C[C@H](Cl)CC3(CCCCC3)[C@@H]2C)cc1. The zero-order valence-corrected chi connectivity index (χ0v) is 15.5. The van der Waals surface area contributed by atoms with E-state index in [1.54, 1.807) is 16.4 Å². The van der Waals surface area contributed by atoms with Gasteiger partial charge in [-0.15, -0.1) is 11.6 Å². The Bertz CT molecular complexity index is 650. The highest BCUT2D eigenvalue weighted by Gasteiger charge is 2.49. The van der Waals surface area contributed by atoms with Gasteiger partial charge in [0.1, 0.15) is 0 Å². The maximum absolute atomic E-state index is 13.1. The molecule has 1 aromatic carbocycles. The Morgan fingerprint density at radius 2 is 1.74 bits per heavy atom. The van der Waals surface area contributed by atoms with Gasteiger partial charge in [-0.1, -0.05) is 37.0 Å². The molecule has 0 radical (unpaired) electrons. The quantitative estimate of drug-likeness (QED) is 0.740.